The zero-order chi connectivity index (χ0) is 32.0. The molecular formula is C42H40N2OS+2. The summed E-state index contributed by atoms with van der Waals surface area (Å²) in [5, 5.41) is 3.69. The van der Waals surface area contributed by atoms with Gasteiger partial charge in [0.05, 0.1) is 10.3 Å². The van der Waals surface area contributed by atoms with Crippen LogP contribution < -0.4 is 9.13 Å². The quantitative estimate of drug-likeness (QED) is 0.167. The molecule has 0 saturated heterocycles. The van der Waals surface area contributed by atoms with Crippen LogP contribution in [0.3, 0.4) is 0 Å². The first kappa shape index (κ1) is 28.0. The lowest BCUT2D eigenvalue weighted by Crippen LogP contribution is -2.71. The number of furan rings is 1. The number of thiophene rings is 1. The number of fused-ring (bicyclic) bond motifs is 16. The first-order chi connectivity index (χ1) is 21.9. The van der Waals surface area contributed by atoms with Crippen molar-refractivity contribution in [2.24, 2.45) is 5.41 Å². The molecule has 9 rings (SSSR count). The predicted molar refractivity (Wildman–Crippen MR) is 190 cm³/mol. The molecule has 3 aromatic carbocycles. The smallest absolute Gasteiger partial charge is 0.417 e. The molecular weight excluding hydrogens is 581 g/mol. The Balaban J connectivity index is 1.48. The maximum Gasteiger partial charge on any atom is 0.417 e. The Labute approximate surface area is 274 Å². The lowest BCUT2D eigenvalue weighted by molar-refractivity contribution is -0.955. The van der Waals surface area contributed by atoms with E-state index in [1.165, 1.54) is 92.8 Å². The summed E-state index contributed by atoms with van der Waals surface area (Å²) >= 11 is 1.85. The molecule has 0 bridgehead atoms. The Hall–Kier alpha value is -4.28. The summed E-state index contributed by atoms with van der Waals surface area (Å²) in [6, 6.07) is 21.2. The molecule has 7 aromatic rings. The molecule has 46 heavy (non-hydrogen) atoms. The fourth-order valence-corrected chi connectivity index (χ4v) is 9.48. The fourth-order valence-electron chi connectivity index (χ4n) is 8.34. The summed E-state index contributed by atoms with van der Waals surface area (Å²) < 4.78 is 13.5. The van der Waals surface area contributed by atoms with E-state index in [0.717, 1.165) is 17.6 Å². The average Bonchev–Trinajstić information content (AvgIpc) is 3.68. The molecule has 4 heteroatoms. The molecule has 2 aliphatic rings. The van der Waals surface area contributed by atoms with Crippen LogP contribution in [-0.2, 0) is 12.1 Å². The van der Waals surface area contributed by atoms with Crippen molar-refractivity contribution in [2.45, 2.75) is 74.4 Å². The molecule has 1 atom stereocenters. The van der Waals surface area contributed by atoms with Crippen molar-refractivity contribution in [1.82, 2.24) is 0 Å². The van der Waals surface area contributed by atoms with Gasteiger partial charge in [-0.1, -0.05) is 38.5 Å². The van der Waals surface area contributed by atoms with Gasteiger partial charge in [0.1, 0.15) is 22.3 Å². The molecule has 228 valence electrons. The predicted octanol–water partition coefficient (Wildman–Crippen LogP) is 10.1. The Morgan fingerprint density at radius 2 is 1.39 bits per heavy atom. The van der Waals surface area contributed by atoms with Gasteiger partial charge < -0.3 is 4.42 Å². The Morgan fingerprint density at radius 1 is 0.696 bits per heavy atom. The molecule has 0 radical (unpaired) electrons. The van der Waals surface area contributed by atoms with Crippen molar-refractivity contribution >= 4 is 43.4 Å². The summed E-state index contributed by atoms with van der Waals surface area (Å²) in [7, 11) is 0. The first-order valence-corrected chi connectivity index (χ1v) is 17.3. The van der Waals surface area contributed by atoms with Crippen LogP contribution in [-0.4, -0.2) is 0 Å². The van der Waals surface area contributed by atoms with Gasteiger partial charge in [-0.15, -0.1) is 20.5 Å². The van der Waals surface area contributed by atoms with E-state index in [9.17, 15) is 0 Å². The number of hydrogen-bond donors (Lipinski definition) is 0. The molecule has 0 saturated carbocycles. The number of rotatable bonds is 1. The summed E-state index contributed by atoms with van der Waals surface area (Å²) in [5.41, 5.74) is 17.2. The molecule has 4 aromatic heterocycles. The van der Waals surface area contributed by atoms with Gasteiger partial charge in [-0.25, -0.2) is 0 Å². The van der Waals surface area contributed by atoms with Crippen LogP contribution in [0, 0.1) is 47.0 Å². The van der Waals surface area contributed by atoms with Crippen LogP contribution in [0.15, 0.2) is 71.4 Å². The average molecular weight is 621 g/mol. The number of aromatic nitrogens is 2. The van der Waals surface area contributed by atoms with E-state index in [-0.39, 0.29) is 5.41 Å². The van der Waals surface area contributed by atoms with E-state index in [1.807, 2.05) is 11.3 Å². The Kier molecular flexibility index (Phi) is 5.44. The van der Waals surface area contributed by atoms with Crippen molar-refractivity contribution in [3.63, 3.8) is 0 Å². The molecule has 1 unspecified atom stereocenters. The molecule has 0 amide bonds. The lowest BCUT2D eigenvalue weighted by atomic mass is 9.86. The van der Waals surface area contributed by atoms with Gasteiger partial charge in [0.15, 0.2) is 18.0 Å². The van der Waals surface area contributed by atoms with Crippen molar-refractivity contribution < 1.29 is 13.6 Å². The molecule has 6 heterocycles. The molecule has 3 nitrogen and oxygen atoms in total. The standard InChI is InChI=1S/C42H40N2OS/c1-22-10-11-32-34(16-22)42(43-20-24(3)23(2)17-35(32)43)33-15-14-30-31-13-12-29-26(5)27(6)46-40(29)39(31)45-38(30)37(33)36-18-28(19-41(7,8)9)25(4)21-44(36)42/h10-18,20-21H,19H2,1-9H3/q+2. The van der Waals surface area contributed by atoms with Gasteiger partial charge >= 0.3 is 5.66 Å². The van der Waals surface area contributed by atoms with Crippen LogP contribution in [0.5, 0.6) is 0 Å². The minimum absolute atomic E-state index is 0.168. The maximum absolute atomic E-state index is 7.14. The molecule has 0 fully saturated rings. The van der Waals surface area contributed by atoms with Crippen molar-refractivity contribution in [3.8, 4) is 22.5 Å². The van der Waals surface area contributed by atoms with Crippen molar-refractivity contribution in [3.05, 3.63) is 116 Å². The highest BCUT2D eigenvalue weighted by molar-refractivity contribution is 7.20. The SMILES string of the molecule is Cc1ccc2c(c1)C1(c3ccc4c(oc5c4ccc4c(C)c(C)sc45)c3-c3cc(CC(C)(C)C)c(C)c[n+]31)[n+]1cc(C)c(C)cc1-2. The van der Waals surface area contributed by atoms with Gasteiger partial charge in [0.25, 0.3) is 0 Å². The second-order valence-electron chi connectivity index (χ2n) is 15.2. The van der Waals surface area contributed by atoms with Crippen LogP contribution in [0.4, 0.5) is 0 Å². The second kappa shape index (κ2) is 8.95. The summed E-state index contributed by atoms with van der Waals surface area (Å²) in [4.78, 5) is 1.35. The maximum atomic E-state index is 7.14. The molecule has 0 aliphatic carbocycles. The first-order valence-electron chi connectivity index (χ1n) is 16.5. The summed E-state index contributed by atoms with van der Waals surface area (Å²) in [5.74, 6) is 0. The summed E-state index contributed by atoms with van der Waals surface area (Å²) in [6.07, 6.45) is 5.82. The van der Waals surface area contributed by atoms with Crippen molar-refractivity contribution in [1.29, 1.82) is 0 Å². The highest BCUT2D eigenvalue weighted by Gasteiger charge is 2.67. The van der Waals surface area contributed by atoms with Gasteiger partial charge in [-0.2, -0.15) is 0 Å². The Bertz CT molecular complexity index is 2500. The number of hydrogen-bond acceptors (Lipinski definition) is 2. The zero-order valence-corrected chi connectivity index (χ0v) is 29.1. The van der Waals surface area contributed by atoms with E-state index in [1.54, 1.807) is 0 Å². The third-order valence-corrected chi connectivity index (χ3v) is 12.0. The number of pyridine rings is 2. The van der Waals surface area contributed by atoms with Gasteiger partial charge in [-0.05, 0) is 106 Å². The Morgan fingerprint density at radius 3 is 2.17 bits per heavy atom. The van der Waals surface area contributed by atoms with Gasteiger partial charge in [0, 0.05) is 38.9 Å². The minimum Gasteiger partial charge on any atom is -0.454 e. The third-order valence-electron chi connectivity index (χ3n) is 10.8. The molecule has 1 spiro atoms. The monoisotopic (exact) mass is 620 g/mol. The van der Waals surface area contributed by atoms with E-state index in [0.29, 0.717) is 0 Å². The zero-order valence-electron chi connectivity index (χ0n) is 28.3. The number of aryl methyl sites for hydroxylation is 6. The molecule has 0 N–H and O–H groups in total. The topological polar surface area (TPSA) is 20.9 Å². The summed E-state index contributed by atoms with van der Waals surface area (Å²) in [6.45, 7) is 20.4. The van der Waals surface area contributed by atoms with E-state index < -0.39 is 5.66 Å². The van der Waals surface area contributed by atoms with Gasteiger partial charge in [-0.3, -0.25) is 0 Å². The van der Waals surface area contributed by atoms with E-state index in [4.69, 9.17) is 4.42 Å². The normalized spacial score (nSPS) is 16.5. The van der Waals surface area contributed by atoms with Gasteiger partial charge in [0.2, 0.25) is 11.4 Å². The third kappa shape index (κ3) is 3.43. The second-order valence-corrected chi connectivity index (χ2v) is 16.4. The van der Waals surface area contributed by atoms with Crippen LogP contribution in [0.2, 0.25) is 0 Å². The van der Waals surface area contributed by atoms with E-state index >= 15 is 0 Å². The largest absolute Gasteiger partial charge is 0.454 e. The highest BCUT2D eigenvalue weighted by Crippen LogP contribution is 2.52. The molecule has 2 aliphatic heterocycles. The number of benzene rings is 3. The lowest BCUT2D eigenvalue weighted by Gasteiger charge is -2.21. The van der Waals surface area contributed by atoms with Crippen LogP contribution in [0.1, 0.15) is 70.2 Å². The van der Waals surface area contributed by atoms with Crippen molar-refractivity contribution in [2.75, 3.05) is 0 Å². The van der Waals surface area contributed by atoms with Crippen LogP contribution in [0.25, 0.3) is 54.5 Å². The number of nitrogens with zero attached hydrogens (tertiary/aromatic N) is 2. The fraction of sp³-hybridized carbons (Fsp3) is 0.286. The minimum atomic E-state index is -0.566. The van der Waals surface area contributed by atoms with Crippen LogP contribution >= 0.6 is 11.3 Å². The highest BCUT2D eigenvalue weighted by atomic mass is 32.1. The van der Waals surface area contributed by atoms with E-state index in [2.05, 4.69) is 138 Å².